The highest BCUT2D eigenvalue weighted by molar-refractivity contribution is 5.69. The van der Waals surface area contributed by atoms with Crippen LogP contribution in [0.15, 0.2) is 0 Å². The molecular weight excluding hydrogens is 204 g/mol. The van der Waals surface area contributed by atoms with Gasteiger partial charge in [0.1, 0.15) is 0 Å². The molecule has 1 fully saturated rings. The number of hydrogen-bond acceptors (Lipinski definition) is 3. The van der Waals surface area contributed by atoms with Gasteiger partial charge in [-0.25, -0.2) is 0 Å². The van der Waals surface area contributed by atoms with Crippen LogP contribution in [0, 0.1) is 5.92 Å². The Bertz CT molecular complexity index is 215. The summed E-state index contributed by atoms with van der Waals surface area (Å²) in [4.78, 5) is 15.5. The Kier molecular flexibility index (Phi) is 5.77. The molecule has 4 nitrogen and oxygen atoms in total. The molecule has 94 valence electrons. The van der Waals surface area contributed by atoms with Crippen LogP contribution in [0.3, 0.4) is 0 Å². The number of likely N-dealkylation sites (N-methyl/N-ethyl adjacent to an activating group) is 1. The monoisotopic (exact) mass is 228 g/mol. The third-order valence-electron chi connectivity index (χ3n) is 3.33. The van der Waals surface area contributed by atoms with Crippen LogP contribution in [-0.4, -0.2) is 60.1 Å². The minimum Gasteiger partial charge on any atom is -0.481 e. The minimum absolute atomic E-state index is 0.265. The molecule has 0 aliphatic carbocycles. The Hall–Kier alpha value is -0.610. The third kappa shape index (κ3) is 4.49. The minimum atomic E-state index is -0.695. The molecule has 1 unspecified atom stereocenters. The second-order valence-electron chi connectivity index (χ2n) is 4.68. The van der Waals surface area contributed by atoms with Crippen LogP contribution in [0.1, 0.15) is 26.7 Å². The van der Waals surface area contributed by atoms with Crippen LogP contribution in [0.4, 0.5) is 0 Å². The zero-order valence-corrected chi connectivity index (χ0v) is 10.5. The standard InChI is InChI=1S/C12H24N2O2/c1-3-13(10-11(2)12(15)16)8-9-14-6-4-5-7-14/h11H,3-10H2,1-2H3,(H,15,16). The Balaban J connectivity index is 2.22. The maximum Gasteiger partial charge on any atom is 0.307 e. The molecule has 1 saturated heterocycles. The van der Waals surface area contributed by atoms with Gasteiger partial charge in [0.25, 0.3) is 0 Å². The predicted molar refractivity (Wildman–Crippen MR) is 64.6 cm³/mol. The maximum atomic E-state index is 10.8. The molecule has 0 bridgehead atoms. The van der Waals surface area contributed by atoms with Gasteiger partial charge in [-0.2, -0.15) is 0 Å². The van der Waals surface area contributed by atoms with Crippen LogP contribution in [0.5, 0.6) is 0 Å². The van der Waals surface area contributed by atoms with E-state index >= 15 is 0 Å². The number of aliphatic carboxylic acids is 1. The van der Waals surface area contributed by atoms with Gasteiger partial charge < -0.3 is 14.9 Å². The fourth-order valence-corrected chi connectivity index (χ4v) is 2.13. The summed E-state index contributed by atoms with van der Waals surface area (Å²) in [7, 11) is 0. The quantitative estimate of drug-likeness (QED) is 0.709. The van der Waals surface area contributed by atoms with E-state index in [2.05, 4.69) is 16.7 Å². The summed E-state index contributed by atoms with van der Waals surface area (Å²) in [5.41, 5.74) is 0. The molecule has 0 aromatic carbocycles. The zero-order valence-electron chi connectivity index (χ0n) is 10.5. The van der Waals surface area contributed by atoms with Crippen LogP contribution in [0.2, 0.25) is 0 Å². The fourth-order valence-electron chi connectivity index (χ4n) is 2.13. The molecule has 16 heavy (non-hydrogen) atoms. The highest BCUT2D eigenvalue weighted by atomic mass is 16.4. The number of hydrogen-bond donors (Lipinski definition) is 1. The van der Waals surface area contributed by atoms with Gasteiger partial charge >= 0.3 is 5.97 Å². The molecule has 1 aliphatic rings. The van der Waals surface area contributed by atoms with E-state index in [-0.39, 0.29) is 5.92 Å². The molecule has 0 spiro atoms. The average molecular weight is 228 g/mol. The highest BCUT2D eigenvalue weighted by Gasteiger charge is 2.17. The SMILES string of the molecule is CCN(CCN1CCCC1)CC(C)C(=O)O. The van der Waals surface area contributed by atoms with E-state index in [4.69, 9.17) is 5.11 Å². The lowest BCUT2D eigenvalue weighted by atomic mass is 10.1. The molecule has 0 aromatic heterocycles. The van der Waals surface area contributed by atoms with Crippen molar-refractivity contribution in [3.05, 3.63) is 0 Å². The lowest BCUT2D eigenvalue weighted by Gasteiger charge is -2.25. The number of nitrogens with zero attached hydrogens (tertiary/aromatic N) is 2. The zero-order chi connectivity index (χ0) is 12.0. The smallest absolute Gasteiger partial charge is 0.307 e. The summed E-state index contributed by atoms with van der Waals surface area (Å²) < 4.78 is 0. The van der Waals surface area contributed by atoms with Crippen molar-refractivity contribution in [3.8, 4) is 0 Å². The van der Waals surface area contributed by atoms with E-state index in [1.165, 1.54) is 25.9 Å². The molecule has 1 atom stereocenters. The number of carboxylic acids is 1. The molecule has 1 rings (SSSR count). The molecule has 0 saturated carbocycles. The summed E-state index contributed by atoms with van der Waals surface area (Å²) in [6.07, 6.45) is 2.63. The van der Waals surface area contributed by atoms with Crippen LogP contribution >= 0.6 is 0 Å². The molecule has 0 aromatic rings. The number of likely N-dealkylation sites (tertiary alicyclic amines) is 1. The highest BCUT2D eigenvalue weighted by Crippen LogP contribution is 2.07. The van der Waals surface area contributed by atoms with Crippen LogP contribution in [0.25, 0.3) is 0 Å². The first kappa shape index (κ1) is 13.5. The summed E-state index contributed by atoms with van der Waals surface area (Å²) in [6, 6.07) is 0. The molecule has 1 N–H and O–H groups in total. The third-order valence-corrected chi connectivity index (χ3v) is 3.33. The average Bonchev–Trinajstić information content (AvgIpc) is 2.76. The number of carboxylic acid groups (broad SMARTS) is 1. The first-order valence-electron chi connectivity index (χ1n) is 6.31. The number of carbonyl (C=O) groups is 1. The van der Waals surface area contributed by atoms with Gasteiger partial charge in [0.05, 0.1) is 5.92 Å². The van der Waals surface area contributed by atoms with E-state index in [1.807, 2.05) is 0 Å². The summed E-state index contributed by atoms with van der Waals surface area (Å²) in [5.74, 6) is -0.960. The fraction of sp³-hybridized carbons (Fsp3) is 0.917. The van der Waals surface area contributed by atoms with E-state index in [0.29, 0.717) is 6.54 Å². The van der Waals surface area contributed by atoms with Crippen molar-refractivity contribution in [2.75, 3.05) is 39.3 Å². The van der Waals surface area contributed by atoms with Crippen molar-refractivity contribution in [2.45, 2.75) is 26.7 Å². The Morgan fingerprint density at radius 1 is 1.44 bits per heavy atom. The van der Waals surface area contributed by atoms with Crippen molar-refractivity contribution in [1.29, 1.82) is 0 Å². The molecule has 4 heteroatoms. The molecule has 0 radical (unpaired) electrons. The topological polar surface area (TPSA) is 43.8 Å². The molecule has 0 amide bonds. The molecule has 1 heterocycles. The summed E-state index contributed by atoms with van der Waals surface area (Å²) in [6.45, 7) is 9.98. The lowest BCUT2D eigenvalue weighted by Crippen LogP contribution is -2.37. The maximum absolute atomic E-state index is 10.8. The van der Waals surface area contributed by atoms with Crippen molar-refractivity contribution >= 4 is 5.97 Å². The normalized spacial score (nSPS) is 19.2. The summed E-state index contributed by atoms with van der Waals surface area (Å²) >= 11 is 0. The first-order chi connectivity index (χ1) is 7.63. The lowest BCUT2D eigenvalue weighted by molar-refractivity contribution is -0.141. The van der Waals surface area contributed by atoms with E-state index in [1.54, 1.807) is 6.92 Å². The Morgan fingerprint density at radius 2 is 2.06 bits per heavy atom. The second kappa shape index (κ2) is 6.86. The number of rotatable bonds is 7. The van der Waals surface area contributed by atoms with Gasteiger partial charge in [0.2, 0.25) is 0 Å². The first-order valence-corrected chi connectivity index (χ1v) is 6.31. The van der Waals surface area contributed by atoms with E-state index in [0.717, 1.165) is 19.6 Å². The van der Waals surface area contributed by atoms with Gasteiger partial charge in [0, 0.05) is 19.6 Å². The van der Waals surface area contributed by atoms with Gasteiger partial charge in [-0.3, -0.25) is 4.79 Å². The second-order valence-corrected chi connectivity index (χ2v) is 4.68. The van der Waals surface area contributed by atoms with Crippen molar-refractivity contribution in [3.63, 3.8) is 0 Å². The largest absolute Gasteiger partial charge is 0.481 e. The van der Waals surface area contributed by atoms with Gasteiger partial charge in [-0.05, 0) is 32.5 Å². The molecule has 1 aliphatic heterocycles. The van der Waals surface area contributed by atoms with Gasteiger partial charge in [-0.15, -0.1) is 0 Å². The summed E-state index contributed by atoms with van der Waals surface area (Å²) in [5, 5.41) is 8.87. The van der Waals surface area contributed by atoms with Crippen LogP contribution in [-0.2, 0) is 4.79 Å². The van der Waals surface area contributed by atoms with Gasteiger partial charge in [-0.1, -0.05) is 13.8 Å². The van der Waals surface area contributed by atoms with Crippen molar-refractivity contribution in [1.82, 2.24) is 9.80 Å². The van der Waals surface area contributed by atoms with Gasteiger partial charge in [0.15, 0.2) is 0 Å². The van der Waals surface area contributed by atoms with E-state index < -0.39 is 5.97 Å². The van der Waals surface area contributed by atoms with E-state index in [9.17, 15) is 4.79 Å². The van der Waals surface area contributed by atoms with Crippen molar-refractivity contribution < 1.29 is 9.90 Å². The molecular formula is C12H24N2O2. The Morgan fingerprint density at radius 3 is 2.56 bits per heavy atom. The predicted octanol–water partition coefficient (Wildman–Crippen LogP) is 1.12. The van der Waals surface area contributed by atoms with Crippen molar-refractivity contribution in [2.24, 2.45) is 5.92 Å². The Labute approximate surface area is 98.2 Å². The van der Waals surface area contributed by atoms with Crippen LogP contribution < -0.4 is 0 Å².